The van der Waals surface area contributed by atoms with Gasteiger partial charge in [0.05, 0.1) is 19.9 Å². The summed E-state index contributed by atoms with van der Waals surface area (Å²) in [6, 6.07) is 3.28. The molecular weight excluding hydrogens is 344 g/mol. The van der Waals surface area contributed by atoms with Crippen LogP contribution in [-0.4, -0.2) is 25.1 Å². The minimum atomic E-state index is -0.261. The summed E-state index contributed by atoms with van der Waals surface area (Å²) < 4.78 is 11.1. The van der Waals surface area contributed by atoms with Crippen molar-refractivity contribution in [2.24, 2.45) is 0 Å². The molecule has 1 amide bonds. The zero-order valence-electron chi connectivity index (χ0n) is 11.2. The number of halogens is 1. The summed E-state index contributed by atoms with van der Waals surface area (Å²) >= 11 is 4.74. The number of hydrogen-bond acceptors (Lipinski definition) is 5. The Labute approximate surface area is 129 Å². The second-order valence-corrected chi connectivity index (χ2v) is 5.59. The number of rotatable bonds is 4. The van der Waals surface area contributed by atoms with Gasteiger partial charge in [0.1, 0.15) is 16.0 Å². The van der Waals surface area contributed by atoms with Gasteiger partial charge in [-0.25, -0.2) is 4.98 Å². The average Bonchev–Trinajstić information content (AvgIpc) is 2.84. The van der Waals surface area contributed by atoms with Crippen LogP contribution in [0.2, 0.25) is 0 Å². The van der Waals surface area contributed by atoms with Crippen LogP contribution in [0.25, 0.3) is 0 Å². The standard InChI is InChI=1S/C13H13BrN2O3S/c1-7-6-20-13(15-7)16-12(17)8-4-9(18-2)11(14)10(5-8)19-3/h4-6H,1-3H3,(H,15,16,17). The van der Waals surface area contributed by atoms with Gasteiger partial charge in [0.2, 0.25) is 0 Å². The Bertz CT molecular complexity index is 617. The summed E-state index contributed by atoms with van der Waals surface area (Å²) in [4.78, 5) is 16.4. The van der Waals surface area contributed by atoms with Crippen LogP contribution < -0.4 is 14.8 Å². The van der Waals surface area contributed by atoms with E-state index in [1.54, 1.807) is 12.1 Å². The SMILES string of the molecule is COc1cc(C(=O)Nc2nc(C)cs2)cc(OC)c1Br. The van der Waals surface area contributed by atoms with Gasteiger partial charge < -0.3 is 9.47 Å². The third-order valence-electron chi connectivity index (χ3n) is 2.55. The van der Waals surface area contributed by atoms with Crippen molar-refractivity contribution in [1.82, 2.24) is 4.98 Å². The Kier molecular flexibility index (Phi) is 4.61. The number of aromatic nitrogens is 1. The van der Waals surface area contributed by atoms with Gasteiger partial charge in [-0.2, -0.15) is 0 Å². The van der Waals surface area contributed by atoms with E-state index in [1.165, 1.54) is 25.6 Å². The van der Waals surface area contributed by atoms with E-state index in [4.69, 9.17) is 9.47 Å². The quantitative estimate of drug-likeness (QED) is 0.910. The van der Waals surface area contributed by atoms with Crippen LogP contribution in [0, 0.1) is 6.92 Å². The molecule has 1 heterocycles. The maximum absolute atomic E-state index is 12.2. The van der Waals surface area contributed by atoms with E-state index in [2.05, 4.69) is 26.2 Å². The number of methoxy groups -OCH3 is 2. The lowest BCUT2D eigenvalue weighted by atomic mass is 10.2. The second-order valence-electron chi connectivity index (χ2n) is 3.94. The van der Waals surface area contributed by atoms with Crippen molar-refractivity contribution in [2.45, 2.75) is 6.92 Å². The van der Waals surface area contributed by atoms with Crippen molar-refractivity contribution < 1.29 is 14.3 Å². The summed E-state index contributed by atoms with van der Waals surface area (Å²) in [7, 11) is 3.07. The first-order valence-electron chi connectivity index (χ1n) is 5.70. The van der Waals surface area contributed by atoms with Crippen LogP contribution in [0.1, 0.15) is 16.1 Å². The fraction of sp³-hybridized carbons (Fsp3) is 0.231. The van der Waals surface area contributed by atoms with E-state index in [-0.39, 0.29) is 5.91 Å². The molecule has 0 aliphatic rings. The molecule has 0 radical (unpaired) electrons. The van der Waals surface area contributed by atoms with Crippen molar-refractivity contribution in [1.29, 1.82) is 0 Å². The van der Waals surface area contributed by atoms with Gasteiger partial charge in [-0.3, -0.25) is 10.1 Å². The Hall–Kier alpha value is -1.60. The maximum atomic E-state index is 12.2. The Balaban J connectivity index is 2.29. The first kappa shape index (κ1) is 14.8. The van der Waals surface area contributed by atoms with Gasteiger partial charge in [-0.05, 0) is 35.0 Å². The lowest BCUT2D eigenvalue weighted by Crippen LogP contribution is -2.12. The van der Waals surface area contributed by atoms with Crippen LogP contribution in [-0.2, 0) is 0 Å². The van der Waals surface area contributed by atoms with Crippen LogP contribution in [0.4, 0.5) is 5.13 Å². The highest BCUT2D eigenvalue weighted by atomic mass is 79.9. The largest absolute Gasteiger partial charge is 0.495 e. The van der Waals surface area contributed by atoms with Crippen molar-refractivity contribution >= 4 is 38.3 Å². The van der Waals surface area contributed by atoms with Crippen LogP contribution in [0.5, 0.6) is 11.5 Å². The molecule has 0 atom stereocenters. The molecule has 106 valence electrons. The number of hydrogen-bond donors (Lipinski definition) is 1. The number of amides is 1. The number of aryl methyl sites for hydroxylation is 1. The monoisotopic (exact) mass is 356 g/mol. The molecule has 5 nitrogen and oxygen atoms in total. The molecule has 20 heavy (non-hydrogen) atoms. The number of ether oxygens (including phenoxy) is 2. The van der Waals surface area contributed by atoms with Crippen LogP contribution in [0.3, 0.4) is 0 Å². The summed E-state index contributed by atoms with van der Waals surface area (Å²) in [6.07, 6.45) is 0. The lowest BCUT2D eigenvalue weighted by Gasteiger charge is -2.11. The van der Waals surface area contributed by atoms with Crippen molar-refractivity contribution in [2.75, 3.05) is 19.5 Å². The van der Waals surface area contributed by atoms with E-state index in [0.717, 1.165) is 5.69 Å². The van der Waals surface area contributed by atoms with Crippen molar-refractivity contribution in [3.05, 3.63) is 33.2 Å². The third kappa shape index (κ3) is 3.10. The molecule has 0 spiro atoms. The Morgan fingerprint density at radius 2 is 1.90 bits per heavy atom. The van der Waals surface area contributed by atoms with E-state index in [0.29, 0.717) is 26.7 Å². The molecule has 1 N–H and O–H groups in total. The van der Waals surface area contributed by atoms with E-state index < -0.39 is 0 Å². The maximum Gasteiger partial charge on any atom is 0.257 e. The number of thiazole rings is 1. The highest BCUT2D eigenvalue weighted by molar-refractivity contribution is 9.10. The fourth-order valence-electron chi connectivity index (χ4n) is 1.58. The summed E-state index contributed by atoms with van der Waals surface area (Å²) in [5, 5.41) is 5.18. The molecule has 7 heteroatoms. The predicted octanol–water partition coefficient (Wildman–Crippen LogP) is 3.48. The molecular formula is C13H13BrN2O3S. The molecule has 0 fully saturated rings. The molecule has 0 unspecified atom stereocenters. The number of nitrogens with one attached hydrogen (secondary N) is 1. The summed E-state index contributed by atoms with van der Waals surface area (Å²) in [5.74, 6) is 0.804. The molecule has 2 rings (SSSR count). The molecule has 0 aliphatic carbocycles. The van der Waals surface area contributed by atoms with Gasteiger partial charge in [-0.15, -0.1) is 11.3 Å². The first-order chi connectivity index (χ1) is 9.55. The molecule has 0 saturated carbocycles. The topological polar surface area (TPSA) is 60.5 Å². The molecule has 0 saturated heterocycles. The molecule has 0 bridgehead atoms. The first-order valence-corrected chi connectivity index (χ1v) is 7.37. The van der Waals surface area contributed by atoms with Gasteiger partial charge in [0.25, 0.3) is 5.91 Å². The van der Waals surface area contributed by atoms with E-state index >= 15 is 0 Å². The minimum Gasteiger partial charge on any atom is -0.495 e. The Morgan fingerprint density at radius 3 is 2.35 bits per heavy atom. The van der Waals surface area contributed by atoms with E-state index in [9.17, 15) is 4.79 Å². The lowest BCUT2D eigenvalue weighted by molar-refractivity contribution is 0.102. The molecule has 2 aromatic rings. The van der Waals surface area contributed by atoms with E-state index in [1.807, 2.05) is 12.3 Å². The van der Waals surface area contributed by atoms with Crippen molar-refractivity contribution in [3.8, 4) is 11.5 Å². The smallest absolute Gasteiger partial charge is 0.257 e. The zero-order chi connectivity index (χ0) is 14.7. The average molecular weight is 357 g/mol. The number of benzene rings is 1. The number of anilines is 1. The number of carbonyl (C=O) groups excluding carboxylic acids is 1. The molecule has 1 aromatic heterocycles. The van der Waals surface area contributed by atoms with Crippen molar-refractivity contribution in [3.63, 3.8) is 0 Å². The summed E-state index contributed by atoms with van der Waals surface area (Å²) in [5.41, 5.74) is 1.31. The molecule has 0 aliphatic heterocycles. The van der Waals surface area contributed by atoms with Gasteiger partial charge in [0, 0.05) is 10.9 Å². The summed E-state index contributed by atoms with van der Waals surface area (Å²) in [6.45, 7) is 1.87. The Morgan fingerprint density at radius 1 is 1.30 bits per heavy atom. The zero-order valence-corrected chi connectivity index (χ0v) is 13.6. The van der Waals surface area contributed by atoms with Crippen LogP contribution >= 0.6 is 27.3 Å². The second kappa shape index (κ2) is 6.23. The van der Waals surface area contributed by atoms with Crippen LogP contribution in [0.15, 0.2) is 22.0 Å². The highest BCUT2D eigenvalue weighted by Crippen LogP contribution is 2.35. The van der Waals surface area contributed by atoms with Gasteiger partial charge in [-0.1, -0.05) is 0 Å². The highest BCUT2D eigenvalue weighted by Gasteiger charge is 2.15. The van der Waals surface area contributed by atoms with Gasteiger partial charge in [0.15, 0.2) is 5.13 Å². The fourth-order valence-corrected chi connectivity index (χ4v) is 2.82. The minimum absolute atomic E-state index is 0.261. The molecule has 1 aromatic carbocycles. The third-order valence-corrected chi connectivity index (χ3v) is 4.20. The number of nitrogens with zero attached hydrogens (tertiary/aromatic N) is 1. The normalized spacial score (nSPS) is 10.2. The predicted molar refractivity (Wildman–Crippen MR) is 82.1 cm³/mol. The van der Waals surface area contributed by atoms with Gasteiger partial charge >= 0.3 is 0 Å². The number of carbonyl (C=O) groups is 1.